The lowest BCUT2D eigenvalue weighted by atomic mass is 10.0. The summed E-state index contributed by atoms with van der Waals surface area (Å²) in [4.78, 5) is 16.5. The molecule has 5 nitrogen and oxygen atoms in total. The molecule has 1 heterocycles. The van der Waals surface area contributed by atoms with Crippen LogP contribution in [0, 0.1) is 0 Å². The Labute approximate surface area is 161 Å². The maximum absolute atomic E-state index is 15.6. The standard InChI is InChI=1S/C22H19FN2O3/c23-22(21(26)25-27)18(13-5-2-1-3-6-13)19(22)16-8-4-7-15(11-16)17-12-24-20(28-17)14-9-10-14/h1-8,11-12,14,18-19,27H,9-10H2,(H,25,26)/t18-,19-,22+/m1/s1. The molecule has 3 aromatic rings. The van der Waals surface area contributed by atoms with Gasteiger partial charge in [0.05, 0.1) is 6.20 Å². The number of hydrogen-bond donors (Lipinski definition) is 2. The van der Waals surface area contributed by atoms with Crippen molar-refractivity contribution in [2.24, 2.45) is 0 Å². The minimum Gasteiger partial charge on any atom is -0.440 e. The lowest BCUT2D eigenvalue weighted by molar-refractivity contribution is -0.136. The Bertz CT molecular complexity index is 1030. The highest BCUT2D eigenvalue weighted by Crippen LogP contribution is 2.66. The highest BCUT2D eigenvalue weighted by atomic mass is 19.1. The van der Waals surface area contributed by atoms with Gasteiger partial charge in [-0.2, -0.15) is 0 Å². The summed E-state index contributed by atoms with van der Waals surface area (Å²) in [5, 5.41) is 9.07. The van der Waals surface area contributed by atoms with Crippen molar-refractivity contribution < 1.29 is 18.8 Å². The smallest absolute Gasteiger partial charge is 0.282 e. The molecule has 0 unspecified atom stereocenters. The topological polar surface area (TPSA) is 75.4 Å². The van der Waals surface area contributed by atoms with E-state index in [1.165, 1.54) is 5.48 Å². The largest absolute Gasteiger partial charge is 0.440 e. The first-order valence-electron chi connectivity index (χ1n) is 9.37. The first-order valence-corrected chi connectivity index (χ1v) is 9.37. The molecular weight excluding hydrogens is 359 g/mol. The van der Waals surface area contributed by atoms with E-state index < -0.39 is 23.4 Å². The molecule has 142 valence electrons. The summed E-state index contributed by atoms with van der Waals surface area (Å²) in [6, 6.07) is 16.4. The Morgan fingerprint density at radius 1 is 1.11 bits per heavy atom. The number of oxazole rings is 1. The second kappa shape index (κ2) is 6.27. The van der Waals surface area contributed by atoms with Gasteiger partial charge < -0.3 is 4.42 Å². The predicted molar refractivity (Wildman–Crippen MR) is 99.6 cm³/mol. The van der Waals surface area contributed by atoms with Crippen LogP contribution in [0.3, 0.4) is 0 Å². The summed E-state index contributed by atoms with van der Waals surface area (Å²) < 4.78 is 21.5. The van der Waals surface area contributed by atoms with Crippen LogP contribution >= 0.6 is 0 Å². The maximum Gasteiger partial charge on any atom is 0.282 e. The molecule has 0 spiro atoms. The third-order valence-corrected chi connectivity index (χ3v) is 5.72. The second-order valence-corrected chi connectivity index (χ2v) is 7.54. The zero-order valence-electron chi connectivity index (χ0n) is 15.0. The number of alkyl halides is 1. The number of nitrogens with one attached hydrogen (secondary N) is 1. The third-order valence-electron chi connectivity index (χ3n) is 5.72. The first-order chi connectivity index (χ1) is 13.6. The molecule has 0 aliphatic heterocycles. The molecule has 1 aromatic heterocycles. The van der Waals surface area contributed by atoms with Gasteiger partial charge in [0.15, 0.2) is 11.7 Å². The first kappa shape index (κ1) is 17.1. The molecule has 2 fully saturated rings. The highest BCUT2D eigenvalue weighted by molar-refractivity contribution is 5.92. The number of hydroxylamine groups is 1. The van der Waals surface area contributed by atoms with Crippen molar-refractivity contribution in [3.63, 3.8) is 0 Å². The summed E-state index contributed by atoms with van der Waals surface area (Å²) >= 11 is 0. The van der Waals surface area contributed by atoms with E-state index in [2.05, 4.69) is 4.98 Å². The molecule has 3 atom stereocenters. The number of aromatic nitrogens is 1. The van der Waals surface area contributed by atoms with Crippen LogP contribution in [0.2, 0.25) is 0 Å². The van der Waals surface area contributed by atoms with E-state index in [4.69, 9.17) is 9.62 Å². The van der Waals surface area contributed by atoms with Gasteiger partial charge in [0.2, 0.25) is 5.67 Å². The van der Waals surface area contributed by atoms with Gasteiger partial charge in [0.25, 0.3) is 5.91 Å². The molecule has 0 radical (unpaired) electrons. The highest BCUT2D eigenvalue weighted by Gasteiger charge is 2.72. The lowest BCUT2D eigenvalue weighted by Gasteiger charge is -2.06. The van der Waals surface area contributed by atoms with Gasteiger partial charge in [-0.05, 0) is 30.0 Å². The van der Waals surface area contributed by atoms with Crippen LogP contribution in [0.25, 0.3) is 11.3 Å². The van der Waals surface area contributed by atoms with Crippen molar-refractivity contribution in [2.75, 3.05) is 0 Å². The third kappa shape index (κ3) is 2.64. The molecule has 1 amide bonds. The lowest BCUT2D eigenvalue weighted by Crippen LogP contribution is -2.33. The molecule has 28 heavy (non-hydrogen) atoms. The number of carbonyl (C=O) groups excluding carboxylic acids is 1. The summed E-state index contributed by atoms with van der Waals surface area (Å²) in [7, 11) is 0. The van der Waals surface area contributed by atoms with Crippen LogP contribution in [0.1, 0.15) is 47.6 Å². The number of benzene rings is 2. The van der Waals surface area contributed by atoms with Crippen LogP contribution < -0.4 is 5.48 Å². The Hall–Kier alpha value is -2.99. The summed E-state index contributed by atoms with van der Waals surface area (Å²) in [6.45, 7) is 0. The van der Waals surface area contributed by atoms with Crippen molar-refractivity contribution >= 4 is 5.91 Å². The number of amides is 1. The number of carbonyl (C=O) groups is 1. The van der Waals surface area contributed by atoms with Crippen LogP contribution in [0.4, 0.5) is 4.39 Å². The Kier molecular flexibility index (Phi) is 3.84. The summed E-state index contributed by atoms with van der Waals surface area (Å²) in [6.07, 6.45) is 3.89. The van der Waals surface area contributed by atoms with E-state index >= 15 is 4.39 Å². The summed E-state index contributed by atoms with van der Waals surface area (Å²) in [5.74, 6) is -0.576. The number of rotatable bonds is 5. The molecular formula is C22H19FN2O3. The molecule has 2 aliphatic rings. The van der Waals surface area contributed by atoms with Gasteiger partial charge in [-0.1, -0.05) is 48.5 Å². The average Bonchev–Trinajstić information content (AvgIpc) is 3.64. The van der Waals surface area contributed by atoms with E-state index in [1.807, 2.05) is 36.4 Å². The SMILES string of the molecule is O=C(NO)[C@]1(F)[C@H](c2ccccc2)[C@H]1c1cccc(-c2cnc(C3CC3)o2)c1. The van der Waals surface area contributed by atoms with Crippen LogP contribution in [-0.2, 0) is 4.79 Å². The van der Waals surface area contributed by atoms with E-state index in [-0.39, 0.29) is 0 Å². The molecule has 0 bridgehead atoms. The fourth-order valence-corrected chi connectivity index (χ4v) is 4.08. The van der Waals surface area contributed by atoms with Gasteiger partial charge >= 0.3 is 0 Å². The normalized spacial score (nSPS) is 26.1. The Morgan fingerprint density at radius 2 is 1.82 bits per heavy atom. The Morgan fingerprint density at radius 3 is 2.54 bits per heavy atom. The van der Waals surface area contributed by atoms with Gasteiger partial charge in [-0.25, -0.2) is 14.9 Å². The number of halogens is 1. The zero-order valence-corrected chi connectivity index (χ0v) is 15.0. The van der Waals surface area contributed by atoms with Gasteiger partial charge in [-0.3, -0.25) is 10.0 Å². The molecule has 2 aromatic carbocycles. The summed E-state index contributed by atoms with van der Waals surface area (Å²) in [5.41, 5.74) is 1.49. The van der Waals surface area contributed by atoms with Crippen molar-refractivity contribution in [3.8, 4) is 11.3 Å². The molecule has 2 aliphatic carbocycles. The van der Waals surface area contributed by atoms with Crippen LogP contribution in [0.5, 0.6) is 0 Å². The van der Waals surface area contributed by atoms with Gasteiger partial charge in [0.1, 0.15) is 0 Å². The number of nitrogens with zero attached hydrogens (tertiary/aromatic N) is 1. The van der Waals surface area contributed by atoms with E-state index in [9.17, 15) is 4.79 Å². The minimum atomic E-state index is -2.20. The van der Waals surface area contributed by atoms with Crippen LogP contribution in [-0.4, -0.2) is 21.8 Å². The Balaban J connectivity index is 1.51. The molecule has 2 N–H and O–H groups in total. The van der Waals surface area contributed by atoms with E-state index in [0.717, 1.165) is 29.9 Å². The average molecular weight is 378 g/mol. The molecule has 2 saturated carbocycles. The van der Waals surface area contributed by atoms with Gasteiger partial charge in [-0.15, -0.1) is 0 Å². The van der Waals surface area contributed by atoms with Crippen molar-refractivity contribution in [1.82, 2.24) is 10.5 Å². The minimum absolute atomic E-state index is 0.412. The predicted octanol–water partition coefficient (Wildman–Crippen LogP) is 4.31. The second-order valence-electron chi connectivity index (χ2n) is 7.54. The van der Waals surface area contributed by atoms with Crippen molar-refractivity contribution in [2.45, 2.75) is 36.3 Å². The quantitative estimate of drug-likeness (QED) is 0.512. The van der Waals surface area contributed by atoms with E-state index in [0.29, 0.717) is 17.2 Å². The van der Waals surface area contributed by atoms with Crippen molar-refractivity contribution in [3.05, 3.63) is 77.8 Å². The number of hydrogen-bond acceptors (Lipinski definition) is 4. The van der Waals surface area contributed by atoms with Gasteiger partial charge in [0, 0.05) is 23.3 Å². The fourth-order valence-electron chi connectivity index (χ4n) is 4.08. The molecule has 6 heteroatoms. The van der Waals surface area contributed by atoms with Crippen LogP contribution in [0.15, 0.2) is 65.2 Å². The zero-order chi connectivity index (χ0) is 19.3. The molecule has 0 saturated heterocycles. The monoisotopic (exact) mass is 378 g/mol. The molecule has 5 rings (SSSR count). The van der Waals surface area contributed by atoms with E-state index in [1.54, 1.807) is 24.4 Å². The maximum atomic E-state index is 15.6. The van der Waals surface area contributed by atoms with Crippen molar-refractivity contribution in [1.29, 1.82) is 0 Å². The fraction of sp³-hybridized carbons (Fsp3) is 0.273.